The number of carbonyl (C=O) groups excluding carboxylic acids is 1. The Labute approximate surface area is 161 Å². The van der Waals surface area contributed by atoms with Crippen molar-refractivity contribution in [2.45, 2.75) is 43.0 Å². The lowest BCUT2D eigenvalue weighted by molar-refractivity contribution is -0.128. The van der Waals surface area contributed by atoms with E-state index < -0.39 is 0 Å². The molecular weight excluding hydrogens is 371 g/mol. The third-order valence-corrected chi connectivity index (χ3v) is 6.29. The van der Waals surface area contributed by atoms with Gasteiger partial charge >= 0.3 is 0 Å². The summed E-state index contributed by atoms with van der Waals surface area (Å²) in [7, 11) is 0. The molecule has 3 rings (SSSR count). The molecule has 1 saturated heterocycles. The van der Waals surface area contributed by atoms with Gasteiger partial charge in [-0.3, -0.25) is 4.79 Å². The number of likely N-dealkylation sites (tertiary alicyclic amines) is 1. The number of halogens is 1. The first-order valence-electron chi connectivity index (χ1n) is 8.93. The molecule has 1 amide bonds. The predicted molar refractivity (Wildman–Crippen MR) is 104 cm³/mol. The van der Waals surface area contributed by atoms with Crippen molar-refractivity contribution >= 4 is 34.1 Å². The van der Waals surface area contributed by atoms with Crippen LogP contribution in [0.2, 0.25) is 0 Å². The van der Waals surface area contributed by atoms with Gasteiger partial charge in [-0.2, -0.15) is 0 Å². The van der Waals surface area contributed by atoms with Gasteiger partial charge in [0.05, 0.1) is 5.75 Å². The van der Waals surface area contributed by atoms with Gasteiger partial charge in [0.15, 0.2) is 4.34 Å². The number of hydrogen-bond donors (Lipinski definition) is 1. The summed E-state index contributed by atoms with van der Waals surface area (Å²) in [6.45, 7) is 2.31. The zero-order valence-corrected chi connectivity index (χ0v) is 16.3. The first-order chi connectivity index (χ1) is 12.7. The average Bonchev–Trinajstić information content (AvgIpc) is 3.07. The third-order valence-electron chi connectivity index (χ3n) is 4.29. The maximum Gasteiger partial charge on any atom is 0.233 e. The van der Waals surface area contributed by atoms with E-state index in [-0.39, 0.29) is 11.7 Å². The molecule has 1 N–H and O–H groups in total. The number of rotatable bonds is 6. The molecule has 0 aliphatic carbocycles. The third kappa shape index (κ3) is 5.95. The van der Waals surface area contributed by atoms with Crippen LogP contribution in [0.3, 0.4) is 0 Å². The van der Waals surface area contributed by atoms with E-state index in [2.05, 4.69) is 15.5 Å². The van der Waals surface area contributed by atoms with Crippen LogP contribution in [0, 0.1) is 5.82 Å². The summed E-state index contributed by atoms with van der Waals surface area (Å²) < 4.78 is 13.7. The quantitative estimate of drug-likeness (QED) is 0.745. The van der Waals surface area contributed by atoms with E-state index in [4.69, 9.17) is 0 Å². The van der Waals surface area contributed by atoms with Crippen molar-refractivity contribution < 1.29 is 9.18 Å². The highest BCUT2D eigenvalue weighted by Gasteiger charge is 2.16. The van der Waals surface area contributed by atoms with Crippen LogP contribution in [0.4, 0.5) is 9.52 Å². The summed E-state index contributed by atoms with van der Waals surface area (Å²) in [6, 6.07) is 6.35. The summed E-state index contributed by atoms with van der Waals surface area (Å²) in [4.78, 5) is 14.4. The Morgan fingerprint density at radius 1 is 1.12 bits per heavy atom. The monoisotopic (exact) mass is 394 g/mol. The predicted octanol–water partition coefficient (Wildman–Crippen LogP) is 4.17. The summed E-state index contributed by atoms with van der Waals surface area (Å²) in [5, 5.41) is 12.1. The molecule has 2 aromatic rings. The molecule has 5 nitrogen and oxygen atoms in total. The number of benzene rings is 1. The molecule has 0 spiro atoms. The number of anilines is 1. The summed E-state index contributed by atoms with van der Waals surface area (Å²) >= 11 is 2.88. The van der Waals surface area contributed by atoms with E-state index in [1.807, 2.05) is 4.90 Å². The zero-order valence-electron chi connectivity index (χ0n) is 14.6. The normalized spacial score (nSPS) is 15.3. The van der Waals surface area contributed by atoms with Crippen LogP contribution in [0.1, 0.15) is 37.7 Å². The first kappa shape index (κ1) is 19.1. The van der Waals surface area contributed by atoms with Gasteiger partial charge in [-0.25, -0.2) is 4.39 Å². The van der Waals surface area contributed by atoms with Gasteiger partial charge in [0.25, 0.3) is 0 Å². The Morgan fingerprint density at radius 3 is 2.54 bits per heavy atom. The Hall–Kier alpha value is -1.67. The van der Waals surface area contributed by atoms with E-state index in [1.165, 1.54) is 54.5 Å². The highest BCUT2D eigenvalue weighted by molar-refractivity contribution is 8.01. The van der Waals surface area contributed by atoms with Gasteiger partial charge in [0.2, 0.25) is 11.0 Å². The van der Waals surface area contributed by atoms with Gasteiger partial charge in [-0.15, -0.1) is 10.2 Å². The molecule has 0 bridgehead atoms. The summed E-state index contributed by atoms with van der Waals surface area (Å²) in [6.07, 6.45) is 5.93. The minimum Gasteiger partial charge on any atom is -0.356 e. The van der Waals surface area contributed by atoms with E-state index in [1.54, 1.807) is 12.1 Å². The molecule has 1 aliphatic rings. The number of nitrogens with zero attached hydrogens (tertiary/aromatic N) is 3. The molecule has 0 saturated carbocycles. The molecule has 26 heavy (non-hydrogen) atoms. The fourth-order valence-electron chi connectivity index (χ4n) is 2.83. The van der Waals surface area contributed by atoms with E-state index >= 15 is 0 Å². The maximum atomic E-state index is 12.9. The van der Waals surface area contributed by atoms with Crippen LogP contribution in [0.15, 0.2) is 28.6 Å². The van der Waals surface area contributed by atoms with Crippen LogP contribution >= 0.6 is 23.1 Å². The maximum absolute atomic E-state index is 12.9. The van der Waals surface area contributed by atoms with Crippen LogP contribution in [-0.4, -0.2) is 39.8 Å². The fourth-order valence-corrected chi connectivity index (χ4v) is 4.48. The second-order valence-corrected chi connectivity index (χ2v) is 8.49. The van der Waals surface area contributed by atoms with Gasteiger partial charge in [0, 0.05) is 19.6 Å². The minimum atomic E-state index is -0.243. The molecule has 8 heteroatoms. The molecule has 140 valence electrons. The molecule has 1 aromatic heterocycles. The number of carbonyl (C=O) groups is 1. The highest BCUT2D eigenvalue weighted by Crippen LogP contribution is 2.26. The van der Waals surface area contributed by atoms with Crippen molar-refractivity contribution in [1.29, 1.82) is 0 Å². The Morgan fingerprint density at radius 2 is 1.81 bits per heavy atom. The van der Waals surface area contributed by atoms with Crippen molar-refractivity contribution in [3.05, 3.63) is 35.6 Å². The molecule has 1 aromatic carbocycles. The van der Waals surface area contributed by atoms with Gasteiger partial charge in [0.1, 0.15) is 5.82 Å². The SMILES string of the molecule is O=C(CSc1nnc(NCc2ccc(F)cc2)s1)N1CCCCCCC1. The van der Waals surface area contributed by atoms with Crippen molar-refractivity contribution in [3.8, 4) is 0 Å². The molecule has 0 atom stereocenters. The topological polar surface area (TPSA) is 58.1 Å². The largest absolute Gasteiger partial charge is 0.356 e. The Balaban J connectivity index is 1.44. The standard InChI is InChI=1S/C18H23FN4OS2/c19-15-8-6-14(7-9-15)12-20-17-21-22-18(26-17)25-13-16(24)23-10-4-2-1-3-5-11-23/h6-9H,1-5,10-13H2,(H,20,21). The molecule has 1 aliphatic heterocycles. The number of amides is 1. The van der Waals surface area contributed by atoms with Crippen LogP contribution in [0.5, 0.6) is 0 Å². The minimum absolute atomic E-state index is 0.188. The highest BCUT2D eigenvalue weighted by atomic mass is 32.2. The lowest BCUT2D eigenvalue weighted by Gasteiger charge is -2.24. The van der Waals surface area contributed by atoms with Crippen LogP contribution in [-0.2, 0) is 11.3 Å². The van der Waals surface area contributed by atoms with Crippen molar-refractivity contribution in [1.82, 2.24) is 15.1 Å². The van der Waals surface area contributed by atoms with E-state index in [9.17, 15) is 9.18 Å². The molecule has 0 radical (unpaired) electrons. The second kappa shape index (κ2) is 9.87. The first-order valence-corrected chi connectivity index (χ1v) is 10.7. The zero-order chi connectivity index (χ0) is 18.2. The summed E-state index contributed by atoms with van der Waals surface area (Å²) in [5.41, 5.74) is 0.975. The smallest absolute Gasteiger partial charge is 0.233 e. The van der Waals surface area contributed by atoms with E-state index in [0.29, 0.717) is 17.4 Å². The molecule has 0 unspecified atom stereocenters. The lowest BCUT2D eigenvalue weighted by atomic mass is 10.1. The van der Waals surface area contributed by atoms with Gasteiger partial charge in [-0.05, 0) is 30.5 Å². The van der Waals surface area contributed by atoms with Crippen molar-refractivity contribution in [2.75, 3.05) is 24.2 Å². The van der Waals surface area contributed by atoms with Crippen molar-refractivity contribution in [2.24, 2.45) is 0 Å². The number of hydrogen-bond acceptors (Lipinski definition) is 6. The number of thioether (sulfide) groups is 1. The second-order valence-electron chi connectivity index (χ2n) is 6.29. The van der Waals surface area contributed by atoms with E-state index in [0.717, 1.165) is 35.8 Å². The van der Waals surface area contributed by atoms with Crippen LogP contribution < -0.4 is 5.32 Å². The van der Waals surface area contributed by atoms with Gasteiger partial charge < -0.3 is 10.2 Å². The Kier molecular flexibility index (Phi) is 7.25. The lowest BCUT2D eigenvalue weighted by Crippen LogP contribution is -2.35. The number of aromatic nitrogens is 2. The van der Waals surface area contributed by atoms with Crippen LogP contribution in [0.25, 0.3) is 0 Å². The molecular formula is C18H23FN4OS2. The number of nitrogens with one attached hydrogen (secondary N) is 1. The molecule has 1 fully saturated rings. The van der Waals surface area contributed by atoms with Gasteiger partial charge in [-0.1, -0.05) is 54.5 Å². The fraction of sp³-hybridized carbons (Fsp3) is 0.500. The Bertz CT molecular complexity index is 699. The van der Waals surface area contributed by atoms with Crippen molar-refractivity contribution in [3.63, 3.8) is 0 Å². The summed E-state index contributed by atoms with van der Waals surface area (Å²) in [5.74, 6) is 0.355. The average molecular weight is 395 g/mol. The molecule has 2 heterocycles.